The normalized spacial score (nSPS) is 11.5. The van der Waals surface area contributed by atoms with E-state index in [4.69, 9.17) is 31.2 Å². The third kappa shape index (κ3) is 6.50. The molecule has 0 radical (unpaired) electrons. The van der Waals surface area contributed by atoms with Gasteiger partial charge in [0.15, 0.2) is 5.82 Å². The van der Waals surface area contributed by atoms with Crippen LogP contribution in [0, 0.1) is 14.1 Å². The van der Waals surface area contributed by atoms with Gasteiger partial charge in [-0.25, -0.2) is 4.98 Å². The lowest BCUT2D eigenvalue weighted by Crippen LogP contribution is -2.21. The van der Waals surface area contributed by atoms with Crippen molar-refractivity contribution in [2.75, 3.05) is 7.11 Å². The summed E-state index contributed by atoms with van der Waals surface area (Å²) in [6, 6.07) is 23.0. The van der Waals surface area contributed by atoms with Gasteiger partial charge in [-0.15, -0.1) is 0 Å². The Morgan fingerprint density at radius 3 is 2.38 bits per heavy atom. The lowest BCUT2D eigenvalue weighted by molar-refractivity contribution is 0.302. The van der Waals surface area contributed by atoms with E-state index in [9.17, 15) is 4.79 Å². The molecule has 0 atom stereocenters. The van der Waals surface area contributed by atoms with Crippen molar-refractivity contribution in [3.63, 3.8) is 0 Å². The molecule has 1 aromatic heterocycles. The topological polar surface area (TPSA) is 65.7 Å². The highest BCUT2D eigenvalue weighted by atomic mass is 127. The maximum Gasteiger partial charge on any atom is 0.282 e. The minimum absolute atomic E-state index is 0.216. The first-order valence-electron chi connectivity index (χ1n) is 13.3. The van der Waals surface area contributed by atoms with E-state index in [2.05, 4.69) is 65.1 Å². The van der Waals surface area contributed by atoms with Gasteiger partial charge in [0.2, 0.25) is 0 Å². The van der Waals surface area contributed by atoms with Crippen LogP contribution in [-0.4, -0.2) is 23.0 Å². The third-order valence-electron chi connectivity index (χ3n) is 6.83. The van der Waals surface area contributed by atoms with Crippen LogP contribution in [0.25, 0.3) is 22.3 Å². The molecule has 4 aromatic carbocycles. The Bertz CT molecular complexity index is 1850. The quantitative estimate of drug-likeness (QED) is 0.116. The summed E-state index contributed by atoms with van der Waals surface area (Å²) in [5.41, 5.74) is 5.06. The lowest BCUT2D eigenvalue weighted by Gasteiger charge is -2.17. The monoisotopic (exact) mass is 803 g/mol. The number of rotatable bonds is 8. The minimum Gasteiger partial charge on any atom is -0.496 e. The summed E-state index contributed by atoms with van der Waals surface area (Å²) >= 11 is 10.5. The fourth-order valence-electron chi connectivity index (χ4n) is 4.62. The van der Waals surface area contributed by atoms with Gasteiger partial charge in [-0.2, -0.15) is 9.78 Å². The zero-order valence-electron chi connectivity index (χ0n) is 23.5. The van der Waals surface area contributed by atoms with Gasteiger partial charge in [-0.3, -0.25) is 4.79 Å². The van der Waals surface area contributed by atoms with Gasteiger partial charge < -0.3 is 9.47 Å². The summed E-state index contributed by atoms with van der Waals surface area (Å²) in [6.07, 6.45) is 1.69. The van der Waals surface area contributed by atoms with Gasteiger partial charge in [-0.05, 0) is 129 Å². The fourth-order valence-corrected chi connectivity index (χ4v) is 6.88. The molecule has 0 aliphatic heterocycles. The van der Waals surface area contributed by atoms with Crippen molar-refractivity contribution >= 4 is 73.9 Å². The Balaban J connectivity index is 1.56. The molecular formula is C33H28ClI2N3O3. The van der Waals surface area contributed by atoms with Gasteiger partial charge in [0.05, 0.1) is 31.4 Å². The molecule has 0 fully saturated rings. The molecule has 0 unspecified atom stereocenters. The molecule has 0 N–H and O–H groups in total. The van der Waals surface area contributed by atoms with Crippen molar-refractivity contribution < 1.29 is 9.47 Å². The van der Waals surface area contributed by atoms with Crippen LogP contribution in [0.2, 0.25) is 5.02 Å². The van der Waals surface area contributed by atoms with Gasteiger partial charge in [0.1, 0.15) is 18.1 Å². The smallest absolute Gasteiger partial charge is 0.282 e. The summed E-state index contributed by atoms with van der Waals surface area (Å²) in [5, 5.41) is 5.90. The number of aryl methyl sites for hydroxylation is 1. The van der Waals surface area contributed by atoms with Crippen molar-refractivity contribution in [1.82, 2.24) is 9.66 Å². The highest BCUT2D eigenvalue weighted by Gasteiger charge is 2.18. The second kappa shape index (κ2) is 13.1. The average Bonchev–Trinajstić information content (AvgIpc) is 2.96. The maximum atomic E-state index is 13.8. The Hall–Kier alpha value is -2.96. The molecule has 0 aliphatic rings. The molecule has 0 saturated carbocycles. The second-order valence-corrected chi connectivity index (χ2v) is 12.9. The number of para-hydroxylation sites is 1. The number of fused-ring (bicyclic) bond motifs is 1. The Labute approximate surface area is 277 Å². The van der Waals surface area contributed by atoms with Crippen LogP contribution >= 0.6 is 56.8 Å². The molecule has 1 heterocycles. The van der Waals surface area contributed by atoms with Crippen LogP contribution in [0.4, 0.5) is 0 Å². The van der Waals surface area contributed by atoms with Crippen molar-refractivity contribution in [1.29, 1.82) is 0 Å². The molecule has 0 aliphatic carbocycles. The highest BCUT2D eigenvalue weighted by molar-refractivity contribution is 14.1. The molecular weight excluding hydrogens is 776 g/mol. The fraction of sp³-hybridized carbons (Fsp3) is 0.182. The van der Waals surface area contributed by atoms with Crippen molar-refractivity contribution in [3.8, 4) is 22.9 Å². The first kappa shape index (κ1) is 30.5. The molecule has 6 nitrogen and oxygen atoms in total. The minimum atomic E-state index is -0.236. The van der Waals surface area contributed by atoms with Crippen molar-refractivity contribution in [2.24, 2.45) is 5.10 Å². The predicted molar refractivity (Wildman–Crippen MR) is 187 cm³/mol. The van der Waals surface area contributed by atoms with Gasteiger partial charge >= 0.3 is 0 Å². The van der Waals surface area contributed by atoms with E-state index in [0.717, 1.165) is 46.5 Å². The summed E-state index contributed by atoms with van der Waals surface area (Å²) < 4.78 is 15.1. The SMILES string of the molecule is COc1cc(C)c(-c2nc3ccccc3c(=O)n2N=Cc2cc(I)c(OCc3ccc(Cl)cc3)c(I)c2)cc1C(C)C. The molecule has 0 spiro atoms. The maximum absolute atomic E-state index is 13.8. The average molecular weight is 804 g/mol. The Morgan fingerprint density at radius 2 is 1.71 bits per heavy atom. The van der Waals surface area contributed by atoms with Crippen LogP contribution in [0.1, 0.15) is 42.0 Å². The van der Waals surface area contributed by atoms with E-state index in [1.54, 1.807) is 19.4 Å². The summed E-state index contributed by atoms with van der Waals surface area (Å²) in [4.78, 5) is 18.7. The van der Waals surface area contributed by atoms with Crippen molar-refractivity contribution in [3.05, 3.63) is 118 Å². The molecule has 0 bridgehead atoms. The number of ether oxygens (including phenoxy) is 2. The largest absolute Gasteiger partial charge is 0.496 e. The number of nitrogens with zero attached hydrogens (tertiary/aromatic N) is 3. The molecule has 0 amide bonds. The second-order valence-electron chi connectivity index (χ2n) is 10.1. The van der Waals surface area contributed by atoms with Gasteiger partial charge in [-0.1, -0.05) is 49.7 Å². The van der Waals surface area contributed by atoms with E-state index in [1.807, 2.05) is 67.6 Å². The predicted octanol–water partition coefficient (Wildman–Crippen LogP) is 8.83. The first-order valence-corrected chi connectivity index (χ1v) is 15.8. The molecule has 5 rings (SSSR count). The number of halogens is 3. The number of aromatic nitrogens is 2. The van der Waals surface area contributed by atoms with Crippen LogP contribution < -0.4 is 15.0 Å². The molecule has 42 heavy (non-hydrogen) atoms. The van der Waals surface area contributed by atoms with Crippen LogP contribution in [0.3, 0.4) is 0 Å². The van der Waals surface area contributed by atoms with E-state index in [0.29, 0.717) is 28.4 Å². The van der Waals surface area contributed by atoms with E-state index in [-0.39, 0.29) is 11.5 Å². The van der Waals surface area contributed by atoms with Crippen molar-refractivity contribution in [2.45, 2.75) is 33.3 Å². The van der Waals surface area contributed by atoms with E-state index < -0.39 is 0 Å². The standard InChI is InChI=1S/C33H28ClI2N3O3/c1-19(2)25-16-26(20(3)13-30(25)41-4)32-38-29-8-6-5-7-24(29)33(40)39(32)37-17-22-14-27(35)31(28(36)15-22)42-18-21-9-11-23(34)12-10-21/h5-17,19H,18H2,1-4H3. The zero-order valence-corrected chi connectivity index (χ0v) is 28.6. The van der Waals surface area contributed by atoms with Crippen LogP contribution in [0.15, 0.2) is 82.7 Å². The summed E-state index contributed by atoms with van der Waals surface area (Å²) in [7, 11) is 1.67. The molecule has 0 saturated heterocycles. The first-order chi connectivity index (χ1) is 20.2. The summed E-state index contributed by atoms with van der Waals surface area (Å²) in [6.45, 7) is 6.65. The van der Waals surface area contributed by atoms with Gasteiger partial charge in [0, 0.05) is 10.6 Å². The van der Waals surface area contributed by atoms with Gasteiger partial charge in [0.25, 0.3) is 5.56 Å². The van der Waals surface area contributed by atoms with E-state index >= 15 is 0 Å². The zero-order chi connectivity index (χ0) is 30.0. The lowest BCUT2D eigenvalue weighted by atomic mass is 9.96. The summed E-state index contributed by atoms with van der Waals surface area (Å²) in [5.74, 6) is 2.30. The molecule has 214 valence electrons. The highest BCUT2D eigenvalue weighted by Crippen LogP contribution is 2.34. The van der Waals surface area contributed by atoms with E-state index in [1.165, 1.54) is 4.68 Å². The Morgan fingerprint density at radius 1 is 1.02 bits per heavy atom. The van der Waals surface area contributed by atoms with Crippen LogP contribution in [-0.2, 0) is 6.61 Å². The Kier molecular flexibility index (Phi) is 9.54. The number of benzene rings is 4. The number of methoxy groups -OCH3 is 1. The number of hydrogen-bond acceptors (Lipinski definition) is 5. The molecule has 9 heteroatoms. The molecule has 5 aromatic rings. The van der Waals surface area contributed by atoms with Crippen LogP contribution in [0.5, 0.6) is 11.5 Å². The third-order valence-corrected chi connectivity index (χ3v) is 8.69. The number of hydrogen-bond donors (Lipinski definition) is 0.